The Morgan fingerprint density at radius 2 is 1.85 bits per heavy atom. The van der Waals surface area contributed by atoms with E-state index in [4.69, 9.17) is 0 Å². The number of rotatable bonds is 8. The number of carbonyl (C=O) groups is 1. The monoisotopic (exact) mass is 368 g/mol. The van der Waals surface area contributed by atoms with Gasteiger partial charge in [0.25, 0.3) is 5.56 Å². The van der Waals surface area contributed by atoms with Crippen molar-refractivity contribution < 1.29 is 4.79 Å². The summed E-state index contributed by atoms with van der Waals surface area (Å²) in [6, 6.07) is 17.2. The molecule has 3 aromatic rings. The summed E-state index contributed by atoms with van der Waals surface area (Å²) < 4.78 is 1.24. The lowest BCUT2D eigenvalue weighted by molar-refractivity contribution is -0.121. The summed E-state index contributed by atoms with van der Waals surface area (Å²) in [6.45, 7) is 0.845. The van der Waals surface area contributed by atoms with E-state index in [1.807, 2.05) is 24.3 Å². The van der Waals surface area contributed by atoms with Crippen LogP contribution in [0.1, 0.15) is 12.8 Å². The number of aromatic nitrogens is 3. The van der Waals surface area contributed by atoms with Gasteiger partial charge in [0.2, 0.25) is 5.91 Å². The zero-order valence-corrected chi connectivity index (χ0v) is 15.1. The quantitative estimate of drug-likeness (QED) is 0.488. The van der Waals surface area contributed by atoms with Gasteiger partial charge in [0.15, 0.2) is 0 Å². The molecule has 0 spiro atoms. The summed E-state index contributed by atoms with van der Waals surface area (Å²) in [6.07, 6.45) is 1.10. The number of nitrogens with zero attached hydrogens (tertiary/aromatic N) is 3. The molecule has 0 bridgehead atoms. The summed E-state index contributed by atoms with van der Waals surface area (Å²) in [7, 11) is 0. The second-order valence-corrected chi connectivity index (χ2v) is 6.92. The molecule has 7 heteroatoms. The smallest absolute Gasteiger partial charge is 0.277 e. The molecule has 1 amide bonds. The first-order valence-corrected chi connectivity index (χ1v) is 9.50. The zero-order chi connectivity index (χ0) is 18.2. The number of amides is 1. The van der Waals surface area contributed by atoms with E-state index in [1.165, 1.54) is 9.58 Å². The Hall–Kier alpha value is -2.67. The average Bonchev–Trinajstić information content (AvgIpc) is 2.68. The van der Waals surface area contributed by atoms with Gasteiger partial charge in [-0.1, -0.05) is 35.5 Å². The fourth-order valence-electron chi connectivity index (χ4n) is 2.47. The molecule has 0 atom stereocenters. The highest BCUT2D eigenvalue weighted by molar-refractivity contribution is 7.99. The van der Waals surface area contributed by atoms with Crippen molar-refractivity contribution in [2.24, 2.45) is 0 Å². The number of carbonyl (C=O) groups excluding carboxylic acids is 1. The van der Waals surface area contributed by atoms with Crippen LogP contribution in [0.4, 0.5) is 0 Å². The van der Waals surface area contributed by atoms with Crippen molar-refractivity contribution >= 4 is 28.6 Å². The maximum atomic E-state index is 12.3. The van der Waals surface area contributed by atoms with Crippen LogP contribution in [0.15, 0.2) is 64.3 Å². The summed E-state index contributed by atoms with van der Waals surface area (Å²) in [5, 5.41) is 11.3. The average molecular weight is 368 g/mol. The summed E-state index contributed by atoms with van der Waals surface area (Å²) >= 11 is 1.77. The highest BCUT2D eigenvalue weighted by atomic mass is 32.2. The van der Waals surface area contributed by atoms with Gasteiger partial charge >= 0.3 is 0 Å². The standard InChI is InChI=1S/C19H20N4O2S/c24-18(20-12-6-14-26-15-7-2-1-3-8-15)11-13-23-19(25)16-9-4-5-10-17(16)21-22-23/h1-5,7-10H,6,11-14H2,(H,20,24). The van der Waals surface area contributed by atoms with Crippen molar-refractivity contribution in [2.75, 3.05) is 12.3 Å². The molecular weight excluding hydrogens is 348 g/mol. The third kappa shape index (κ3) is 4.92. The molecule has 0 unspecified atom stereocenters. The van der Waals surface area contributed by atoms with Crippen LogP contribution in [0.2, 0.25) is 0 Å². The van der Waals surface area contributed by atoms with Gasteiger partial charge in [-0.05, 0) is 36.4 Å². The maximum Gasteiger partial charge on any atom is 0.277 e. The maximum absolute atomic E-state index is 12.3. The van der Waals surface area contributed by atoms with Gasteiger partial charge in [0, 0.05) is 17.9 Å². The molecule has 1 aromatic heterocycles. The Kier molecular flexibility index (Phi) is 6.38. The van der Waals surface area contributed by atoms with Gasteiger partial charge in [-0.15, -0.1) is 16.9 Å². The van der Waals surface area contributed by atoms with Gasteiger partial charge in [-0.25, -0.2) is 4.68 Å². The van der Waals surface area contributed by atoms with Crippen molar-refractivity contribution in [2.45, 2.75) is 24.3 Å². The number of nitrogens with one attached hydrogen (secondary N) is 1. The molecule has 134 valence electrons. The lowest BCUT2D eigenvalue weighted by Gasteiger charge is -2.07. The van der Waals surface area contributed by atoms with Crippen molar-refractivity contribution in [3.63, 3.8) is 0 Å². The van der Waals surface area contributed by atoms with Crippen LogP contribution in [0.3, 0.4) is 0 Å². The van der Waals surface area contributed by atoms with Crippen molar-refractivity contribution in [1.29, 1.82) is 0 Å². The highest BCUT2D eigenvalue weighted by Crippen LogP contribution is 2.17. The summed E-state index contributed by atoms with van der Waals surface area (Å²) in [5.41, 5.74) is 0.344. The SMILES string of the molecule is O=C(CCn1nnc2ccccc2c1=O)NCCCSc1ccccc1. The zero-order valence-electron chi connectivity index (χ0n) is 14.3. The predicted octanol–water partition coefficient (Wildman–Crippen LogP) is 2.48. The minimum Gasteiger partial charge on any atom is -0.356 e. The minimum atomic E-state index is -0.220. The van der Waals surface area contributed by atoms with Crippen LogP contribution in [0.5, 0.6) is 0 Å². The van der Waals surface area contributed by atoms with E-state index in [9.17, 15) is 9.59 Å². The molecule has 0 aliphatic rings. The van der Waals surface area contributed by atoms with Crippen LogP contribution in [0.25, 0.3) is 10.9 Å². The lowest BCUT2D eigenvalue weighted by Crippen LogP contribution is -2.30. The largest absolute Gasteiger partial charge is 0.356 e. The number of aryl methyl sites for hydroxylation is 1. The molecule has 3 rings (SSSR count). The second-order valence-electron chi connectivity index (χ2n) is 5.75. The van der Waals surface area contributed by atoms with E-state index in [-0.39, 0.29) is 24.4 Å². The van der Waals surface area contributed by atoms with E-state index in [0.29, 0.717) is 17.4 Å². The number of hydrogen-bond acceptors (Lipinski definition) is 5. The van der Waals surface area contributed by atoms with E-state index < -0.39 is 0 Å². The lowest BCUT2D eigenvalue weighted by atomic mass is 10.2. The normalized spacial score (nSPS) is 10.8. The first kappa shape index (κ1) is 18.1. The Balaban J connectivity index is 1.40. The van der Waals surface area contributed by atoms with E-state index in [2.05, 4.69) is 27.8 Å². The van der Waals surface area contributed by atoms with Gasteiger partial charge in [0.1, 0.15) is 5.52 Å². The molecule has 0 aliphatic carbocycles. The van der Waals surface area contributed by atoms with Crippen LogP contribution in [0, 0.1) is 0 Å². The third-order valence-corrected chi connectivity index (χ3v) is 4.93. The molecule has 0 aliphatic heterocycles. The van der Waals surface area contributed by atoms with E-state index in [0.717, 1.165) is 12.2 Å². The van der Waals surface area contributed by atoms with Crippen molar-refractivity contribution in [3.05, 3.63) is 65.0 Å². The molecule has 0 fully saturated rings. The summed E-state index contributed by atoms with van der Waals surface area (Å²) in [5.74, 6) is 0.858. The molecule has 6 nitrogen and oxygen atoms in total. The number of benzene rings is 2. The number of thioether (sulfide) groups is 1. The molecule has 1 N–H and O–H groups in total. The first-order chi connectivity index (χ1) is 12.7. The Labute approximate surface area is 155 Å². The minimum absolute atomic E-state index is 0.0865. The fraction of sp³-hybridized carbons (Fsp3) is 0.263. The molecule has 0 saturated carbocycles. The molecule has 26 heavy (non-hydrogen) atoms. The van der Waals surface area contributed by atoms with Crippen molar-refractivity contribution in [1.82, 2.24) is 20.3 Å². The van der Waals surface area contributed by atoms with Gasteiger partial charge in [0.05, 0.1) is 11.9 Å². The van der Waals surface area contributed by atoms with E-state index >= 15 is 0 Å². The van der Waals surface area contributed by atoms with Gasteiger partial charge in [-0.3, -0.25) is 9.59 Å². The Morgan fingerprint density at radius 1 is 1.08 bits per heavy atom. The first-order valence-electron chi connectivity index (χ1n) is 8.51. The molecule has 0 radical (unpaired) electrons. The molecule has 0 saturated heterocycles. The van der Waals surface area contributed by atoms with Crippen LogP contribution >= 0.6 is 11.8 Å². The second kappa shape index (κ2) is 9.15. The number of fused-ring (bicyclic) bond motifs is 1. The molecule has 1 heterocycles. The van der Waals surface area contributed by atoms with E-state index in [1.54, 1.807) is 30.0 Å². The predicted molar refractivity (Wildman–Crippen MR) is 103 cm³/mol. The third-order valence-electron chi connectivity index (χ3n) is 3.84. The topological polar surface area (TPSA) is 76.9 Å². The van der Waals surface area contributed by atoms with Crippen LogP contribution < -0.4 is 10.9 Å². The fourth-order valence-corrected chi connectivity index (χ4v) is 3.35. The van der Waals surface area contributed by atoms with Gasteiger partial charge < -0.3 is 5.32 Å². The van der Waals surface area contributed by atoms with Crippen LogP contribution in [-0.4, -0.2) is 33.2 Å². The molecular formula is C19H20N4O2S. The Bertz CT molecular complexity index is 927. The van der Waals surface area contributed by atoms with Crippen molar-refractivity contribution in [3.8, 4) is 0 Å². The Morgan fingerprint density at radius 3 is 2.69 bits per heavy atom. The number of hydrogen-bond donors (Lipinski definition) is 1. The van der Waals surface area contributed by atoms with Gasteiger partial charge in [-0.2, -0.15) is 0 Å². The molecule has 2 aromatic carbocycles. The van der Waals surface area contributed by atoms with Crippen LogP contribution in [-0.2, 0) is 11.3 Å². The highest BCUT2D eigenvalue weighted by Gasteiger charge is 2.07. The summed E-state index contributed by atoms with van der Waals surface area (Å²) in [4.78, 5) is 25.5.